The Hall–Kier alpha value is -3.14. The zero-order chi connectivity index (χ0) is 27.4. The van der Waals surface area contributed by atoms with E-state index < -0.39 is 5.79 Å². The largest absolute Gasteiger partial charge is 0.491 e. The number of piperazine rings is 1. The highest BCUT2D eigenvalue weighted by molar-refractivity contribution is 6.35. The zero-order valence-corrected chi connectivity index (χ0v) is 23.5. The molecule has 4 heterocycles. The van der Waals surface area contributed by atoms with Crippen LogP contribution < -0.4 is 9.64 Å². The molecule has 0 bridgehead atoms. The minimum Gasteiger partial charge on any atom is -0.491 e. The molecule has 2 fully saturated rings. The van der Waals surface area contributed by atoms with Gasteiger partial charge in [0, 0.05) is 73.8 Å². The van der Waals surface area contributed by atoms with Gasteiger partial charge in [0.05, 0.1) is 24.5 Å². The Morgan fingerprint density at radius 3 is 2.55 bits per heavy atom. The summed E-state index contributed by atoms with van der Waals surface area (Å²) in [5.41, 5.74) is 3.18. The van der Waals surface area contributed by atoms with E-state index in [1.165, 1.54) is 11.3 Å². The fourth-order valence-electron chi connectivity index (χ4n) is 5.23. The van der Waals surface area contributed by atoms with Gasteiger partial charge in [0.25, 0.3) is 0 Å². The summed E-state index contributed by atoms with van der Waals surface area (Å²) in [6, 6.07) is 17.7. The van der Waals surface area contributed by atoms with Crippen molar-refractivity contribution in [3.05, 3.63) is 107 Å². The minimum atomic E-state index is -1.07. The van der Waals surface area contributed by atoms with Crippen LogP contribution in [0.4, 0.5) is 5.69 Å². The van der Waals surface area contributed by atoms with Gasteiger partial charge in [-0.1, -0.05) is 35.3 Å². The van der Waals surface area contributed by atoms with Crippen molar-refractivity contribution >= 4 is 28.9 Å². The molecule has 0 saturated carbocycles. The summed E-state index contributed by atoms with van der Waals surface area (Å²) >= 11 is 12.7. The number of pyridine rings is 1. The predicted molar refractivity (Wildman–Crippen MR) is 155 cm³/mol. The van der Waals surface area contributed by atoms with Gasteiger partial charge in [-0.05, 0) is 48.0 Å². The molecule has 2 aromatic heterocycles. The lowest BCUT2D eigenvalue weighted by atomic mass is 10.1. The molecule has 10 heteroatoms. The quantitative estimate of drug-likeness (QED) is 0.268. The number of rotatable bonds is 9. The van der Waals surface area contributed by atoms with Gasteiger partial charge in [-0.2, -0.15) is 0 Å². The molecule has 0 N–H and O–H groups in total. The molecule has 0 aliphatic carbocycles. The number of benzene rings is 2. The fourth-order valence-corrected chi connectivity index (χ4v) is 5.78. The molecule has 0 spiro atoms. The van der Waals surface area contributed by atoms with Gasteiger partial charge >= 0.3 is 0 Å². The summed E-state index contributed by atoms with van der Waals surface area (Å²) in [5, 5.41) is 1.04. The Morgan fingerprint density at radius 1 is 0.975 bits per heavy atom. The maximum atomic E-state index is 6.57. The Labute approximate surface area is 244 Å². The van der Waals surface area contributed by atoms with Gasteiger partial charge in [0.1, 0.15) is 18.5 Å². The van der Waals surface area contributed by atoms with E-state index >= 15 is 0 Å². The topological polar surface area (TPSA) is 64.9 Å². The fraction of sp³-hybridized carbons (Fsp3) is 0.333. The number of ether oxygens (including phenoxy) is 3. The van der Waals surface area contributed by atoms with Gasteiger partial charge in [-0.15, -0.1) is 0 Å². The van der Waals surface area contributed by atoms with Crippen molar-refractivity contribution in [3.8, 4) is 5.75 Å². The van der Waals surface area contributed by atoms with Crippen LogP contribution in [0.2, 0.25) is 10.0 Å². The Balaban J connectivity index is 1.04. The van der Waals surface area contributed by atoms with E-state index in [4.69, 9.17) is 37.4 Å². The standard InChI is InChI=1S/C30H31Cl2N5O3/c31-24-3-8-28(29(32)16-24)30(21-36-11-10-34-22-36)39-20-27(40-30)19-38-26-6-4-25(5-7-26)37-14-12-35(13-15-37)18-23-2-1-9-33-17-23/h1-11,16-17,22,27H,12-15,18-21H2. The molecule has 2 atom stereocenters. The van der Waals surface area contributed by atoms with Crippen LogP contribution in [0, 0.1) is 0 Å². The van der Waals surface area contributed by atoms with Crippen LogP contribution in [-0.2, 0) is 28.4 Å². The summed E-state index contributed by atoms with van der Waals surface area (Å²) in [6.45, 7) is 6.07. The highest BCUT2D eigenvalue weighted by Crippen LogP contribution is 2.40. The zero-order valence-electron chi connectivity index (χ0n) is 22.0. The Morgan fingerprint density at radius 2 is 1.82 bits per heavy atom. The number of imidazole rings is 1. The van der Waals surface area contributed by atoms with Crippen molar-refractivity contribution in [1.82, 2.24) is 19.4 Å². The van der Waals surface area contributed by atoms with E-state index in [0.717, 1.165) is 44.0 Å². The Kier molecular flexibility index (Phi) is 8.22. The number of aromatic nitrogens is 3. The Bertz CT molecular complexity index is 1380. The molecule has 2 saturated heterocycles. The van der Waals surface area contributed by atoms with Gasteiger partial charge < -0.3 is 23.7 Å². The number of halogens is 2. The first-order chi connectivity index (χ1) is 19.6. The first-order valence-corrected chi connectivity index (χ1v) is 14.1. The van der Waals surface area contributed by atoms with Crippen molar-refractivity contribution in [2.75, 3.05) is 44.3 Å². The summed E-state index contributed by atoms with van der Waals surface area (Å²) < 4.78 is 20.8. The van der Waals surface area contributed by atoms with Crippen LogP contribution in [0.25, 0.3) is 0 Å². The molecule has 2 aliphatic rings. The van der Waals surface area contributed by atoms with E-state index in [2.05, 4.69) is 38.0 Å². The first-order valence-electron chi connectivity index (χ1n) is 13.4. The normalized spacial score (nSPS) is 21.6. The molecular formula is C30H31Cl2N5O3. The molecule has 8 nitrogen and oxygen atoms in total. The monoisotopic (exact) mass is 579 g/mol. The second-order valence-corrected chi connectivity index (χ2v) is 10.9. The molecule has 6 rings (SSSR count). The van der Waals surface area contributed by atoms with Crippen LogP contribution in [0.5, 0.6) is 5.75 Å². The lowest BCUT2D eigenvalue weighted by Crippen LogP contribution is -2.45. The second kappa shape index (κ2) is 12.2. The number of hydrogen-bond donors (Lipinski definition) is 0. The van der Waals surface area contributed by atoms with Gasteiger partial charge in [0.2, 0.25) is 5.79 Å². The van der Waals surface area contributed by atoms with Gasteiger partial charge in [-0.25, -0.2) is 4.98 Å². The first kappa shape index (κ1) is 27.1. The third-order valence-electron chi connectivity index (χ3n) is 7.29. The lowest BCUT2D eigenvalue weighted by molar-refractivity contribution is -0.189. The lowest BCUT2D eigenvalue weighted by Gasteiger charge is -2.36. The van der Waals surface area contributed by atoms with Crippen molar-refractivity contribution in [3.63, 3.8) is 0 Å². The maximum absolute atomic E-state index is 6.57. The third kappa shape index (κ3) is 6.27. The van der Waals surface area contributed by atoms with Crippen molar-refractivity contribution in [1.29, 1.82) is 0 Å². The molecular weight excluding hydrogens is 549 g/mol. The maximum Gasteiger partial charge on any atom is 0.215 e. The van der Waals surface area contributed by atoms with E-state index in [0.29, 0.717) is 29.8 Å². The second-order valence-electron chi connectivity index (χ2n) is 10.1. The van der Waals surface area contributed by atoms with Crippen molar-refractivity contribution in [2.45, 2.75) is 25.0 Å². The van der Waals surface area contributed by atoms with E-state index in [9.17, 15) is 0 Å². The number of nitrogens with zero attached hydrogens (tertiary/aromatic N) is 5. The molecule has 2 aliphatic heterocycles. The van der Waals surface area contributed by atoms with Crippen LogP contribution >= 0.6 is 23.2 Å². The molecule has 2 aromatic carbocycles. The molecule has 0 radical (unpaired) electrons. The highest BCUT2D eigenvalue weighted by atomic mass is 35.5. The average Bonchev–Trinajstić information content (AvgIpc) is 3.64. The minimum absolute atomic E-state index is 0.275. The summed E-state index contributed by atoms with van der Waals surface area (Å²) in [7, 11) is 0. The highest BCUT2D eigenvalue weighted by Gasteiger charge is 2.45. The molecule has 4 aromatic rings. The van der Waals surface area contributed by atoms with Gasteiger partial charge in [0.15, 0.2) is 0 Å². The van der Waals surface area contributed by atoms with Crippen LogP contribution in [0.15, 0.2) is 85.7 Å². The molecule has 208 valence electrons. The van der Waals surface area contributed by atoms with Gasteiger partial charge in [-0.3, -0.25) is 9.88 Å². The number of hydrogen-bond acceptors (Lipinski definition) is 7. The van der Waals surface area contributed by atoms with Crippen LogP contribution in [-0.4, -0.2) is 64.9 Å². The number of anilines is 1. The van der Waals surface area contributed by atoms with Crippen molar-refractivity contribution in [2.24, 2.45) is 0 Å². The molecule has 2 unspecified atom stereocenters. The summed E-state index contributed by atoms with van der Waals surface area (Å²) in [6.07, 6.45) is 8.80. The summed E-state index contributed by atoms with van der Waals surface area (Å²) in [4.78, 5) is 13.3. The van der Waals surface area contributed by atoms with Crippen LogP contribution in [0.3, 0.4) is 0 Å². The van der Waals surface area contributed by atoms with Crippen molar-refractivity contribution < 1.29 is 14.2 Å². The summed E-state index contributed by atoms with van der Waals surface area (Å²) in [5.74, 6) is -0.279. The molecule has 40 heavy (non-hydrogen) atoms. The van der Waals surface area contributed by atoms with E-state index in [1.54, 1.807) is 24.7 Å². The SMILES string of the molecule is Clc1ccc(C2(Cn3ccnc3)OCC(COc3ccc(N4CCN(Cc5cccnc5)CC4)cc3)O2)c(Cl)c1. The van der Waals surface area contributed by atoms with E-state index in [1.807, 2.05) is 47.4 Å². The predicted octanol–water partition coefficient (Wildman–Crippen LogP) is 5.25. The molecule has 0 amide bonds. The van der Waals surface area contributed by atoms with E-state index in [-0.39, 0.29) is 6.10 Å². The average molecular weight is 581 g/mol. The third-order valence-corrected chi connectivity index (χ3v) is 7.84. The smallest absolute Gasteiger partial charge is 0.215 e. The van der Waals surface area contributed by atoms with Crippen LogP contribution in [0.1, 0.15) is 11.1 Å².